The zero-order chi connectivity index (χ0) is 16.4. The zero-order valence-corrected chi connectivity index (χ0v) is 13.3. The Hall–Kier alpha value is -2.45. The fourth-order valence-corrected chi connectivity index (χ4v) is 3.07. The van der Waals surface area contributed by atoms with Crippen molar-refractivity contribution in [2.45, 2.75) is 6.42 Å². The molecule has 1 aromatic heterocycles. The molecule has 0 spiro atoms. The van der Waals surface area contributed by atoms with Crippen molar-refractivity contribution in [2.75, 3.05) is 23.2 Å². The van der Waals surface area contributed by atoms with Crippen LogP contribution in [0.3, 0.4) is 0 Å². The second-order valence-electron chi connectivity index (χ2n) is 5.10. The van der Waals surface area contributed by atoms with Crippen molar-refractivity contribution in [1.82, 2.24) is 9.71 Å². The molecule has 7 nitrogen and oxygen atoms in total. The van der Waals surface area contributed by atoms with Crippen molar-refractivity contribution in [3.8, 4) is 0 Å². The van der Waals surface area contributed by atoms with Gasteiger partial charge in [-0.2, -0.15) is 8.42 Å². The van der Waals surface area contributed by atoms with E-state index in [4.69, 9.17) is 0 Å². The van der Waals surface area contributed by atoms with Gasteiger partial charge in [0.1, 0.15) is 0 Å². The van der Waals surface area contributed by atoms with Crippen molar-refractivity contribution >= 4 is 27.5 Å². The minimum atomic E-state index is -3.55. The lowest BCUT2D eigenvalue weighted by Crippen LogP contribution is -2.29. The first-order valence-electron chi connectivity index (χ1n) is 7.06. The van der Waals surface area contributed by atoms with Crippen LogP contribution >= 0.6 is 0 Å². The van der Waals surface area contributed by atoms with E-state index in [0.29, 0.717) is 24.2 Å². The van der Waals surface area contributed by atoms with Gasteiger partial charge in [0.2, 0.25) is 0 Å². The predicted molar refractivity (Wildman–Crippen MR) is 87.7 cm³/mol. The number of pyridine rings is 1. The lowest BCUT2D eigenvalue weighted by molar-refractivity contribution is 0.0989. The first kappa shape index (κ1) is 15.4. The van der Waals surface area contributed by atoms with Gasteiger partial charge in [0.05, 0.1) is 11.3 Å². The molecule has 120 valence electrons. The summed E-state index contributed by atoms with van der Waals surface area (Å²) in [7, 11) is -2.21. The number of amides is 1. The Morgan fingerprint density at radius 3 is 2.83 bits per heavy atom. The summed E-state index contributed by atoms with van der Waals surface area (Å²) in [4.78, 5) is 18.2. The van der Waals surface area contributed by atoms with Crippen molar-refractivity contribution in [2.24, 2.45) is 0 Å². The van der Waals surface area contributed by atoms with Gasteiger partial charge in [0.25, 0.3) is 16.1 Å². The molecule has 0 aliphatic carbocycles. The number of nitrogens with zero attached hydrogens (tertiary/aromatic N) is 2. The summed E-state index contributed by atoms with van der Waals surface area (Å²) in [6, 6.07) is 8.59. The number of benzene rings is 1. The van der Waals surface area contributed by atoms with E-state index in [0.717, 1.165) is 11.3 Å². The molecular formula is C15H16N4O3S. The quantitative estimate of drug-likeness (QED) is 0.879. The smallest absolute Gasteiger partial charge is 0.298 e. The summed E-state index contributed by atoms with van der Waals surface area (Å²) in [5.41, 5.74) is 2.72. The highest BCUT2D eigenvalue weighted by molar-refractivity contribution is 7.90. The predicted octanol–water partition coefficient (Wildman–Crippen LogP) is 1.16. The minimum Gasteiger partial charge on any atom is -0.308 e. The number of hydrogen-bond donors (Lipinski definition) is 2. The molecule has 23 heavy (non-hydrogen) atoms. The van der Waals surface area contributed by atoms with Crippen molar-refractivity contribution < 1.29 is 13.2 Å². The van der Waals surface area contributed by atoms with E-state index >= 15 is 0 Å². The van der Waals surface area contributed by atoms with E-state index in [1.165, 1.54) is 13.2 Å². The van der Waals surface area contributed by atoms with E-state index in [9.17, 15) is 13.2 Å². The van der Waals surface area contributed by atoms with Gasteiger partial charge in [-0.1, -0.05) is 0 Å². The van der Waals surface area contributed by atoms with Crippen molar-refractivity contribution in [3.63, 3.8) is 0 Å². The number of carbonyl (C=O) groups is 1. The van der Waals surface area contributed by atoms with Gasteiger partial charge in [0, 0.05) is 31.7 Å². The summed E-state index contributed by atoms with van der Waals surface area (Å²) in [5.74, 6) is -0.111. The second-order valence-corrected chi connectivity index (χ2v) is 6.72. The largest absolute Gasteiger partial charge is 0.308 e. The standard InChI is InChI=1S/C15H16N4O3S/c1-16-23(21,22)18-13-4-5-14-11(9-13)6-8-19(14)15(20)12-3-2-7-17-10-12/h2-5,7,9-10,16,18H,6,8H2,1H3. The summed E-state index contributed by atoms with van der Waals surface area (Å²) in [6.45, 7) is 0.561. The molecule has 2 N–H and O–H groups in total. The monoisotopic (exact) mass is 332 g/mol. The maximum atomic E-state index is 12.5. The van der Waals surface area contributed by atoms with Crippen LogP contribution in [0, 0.1) is 0 Å². The highest BCUT2D eigenvalue weighted by atomic mass is 32.2. The van der Waals surface area contributed by atoms with E-state index in [1.807, 2.05) is 0 Å². The number of nitrogens with one attached hydrogen (secondary N) is 2. The van der Waals surface area contributed by atoms with Gasteiger partial charge >= 0.3 is 0 Å². The van der Waals surface area contributed by atoms with Crippen LogP contribution in [-0.4, -0.2) is 32.9 Å². The van der Waals surface area contributed by atoms with Crippen LogP contribution in [0.5, 0.6) is 0 Å². The van der Waals surface area contributed by atoms with Crippen molar-refractivity contribution in [1.29, 1.82) is 0 Å². The highest BCUT2D eigenvalue weighted by Gasteiger charge is 2.26. The minimum absolute atomic E-state index is 0.111. The third-order valence-corrected chi connectivity index (χ3v) is 4.69. The van der Waals surface area contributed by atoms with Gasteiger partial charge < -0.3 is 4.90 Å². The molecule has 0 saturated heterocycles. The molecule has 2 aromatic rings. The van der Waals surface area contributed by atoms with Crippen molar-refractivity contribution in [3.05, 3.63) is 53.9 Å². The molecule has 0 unspecified atom stereocenters. The summed E-state index contributed by atoms with van der Waals surface area (Å²) in [5, 5.41) is 0. The fraction of sp³-hybridized carbons (Fsp3) is 0.200. The van der Waals surface area contributed by atoms with Gasteiger partial charge in [-0.3, -0.25) is 14.5 Å². The number of carbonyl (C=O) groups excluding carboxylic acids is 1. The highest BCUT2D eigenvalue weighted by Crippen LogP contribution is 2.31. The number of hydrogen-bond acceptors (Lipinski definition) is 4. The van der Waals surface area contributed by atoms with Crippen LogP contribution in [0.2, 0.25) is 0 Å². The summed E-state index contributed by atoms with van der Waals surface area (Å²) in [6.07, 6.45) is 3.83. The lowest BCUT2D eigenvalue weighted by atomic mass is 10.1. The average molecular weight is 332 g/mol. The molecular weight excluding hydrogens is 316 g/mol. The van der Waals surface area contributed by atoms with Gasteiger partial charge in [-0.25, -0.2) is 4.72 Å². The number of rotatable bonds is 4. The third kappa shape index (κ3) is 3.17. The Bertz CT molecular complexity index is 837. The first-order valence-corrected chi connectivity index (χ1v) is 8.54. The lowest BCUT2D eigenvalue weighted by Gasteiger charge is -2.17. The summed E-state index contributed by atoms with van der Waals surface area (Å²) < 4.78 is 27.7. The maximum absolute atomic E-state index is 12.5. The number of aromatic nitrogens is 1. The zero-order valence-electron chi connectivity index (χ0n) is 12.5. The average Bonchev–Trinajstić information content (AvgIpc) is 2.97. The SMILES string of the molecule is CNS(=O)(=O)Nc1ccc2c(c1)CCN2C(=O)c1cccnc1. The molecule has 1 aliphatic rings. The number of fused-ring (bicyclic) bond motifs is 1. The van der Waals surface area contributed by atoms with Crippen LogP contribution in [-0.2, 0) is 16.6 Å². The fourth-order valence-electron chi connectivity index (χ4n) is 2.53. The Labute approximate surface area is 134 Å². The normalized spacial score (nSPS) is 13.7. The van der Waals surface area contributed by atoms with E-state index in [2.05, 4.69) is 14.4 Å². The van der Waals surface area contributed by atoms with E-state index < -0.39 is 10.2 Å². The van der Waals surface area contributed by atoms with Crippen LogP contribution in [0.4, 0.5) is 11.4 Å². The molecule has 1 aliphatic heterocycles. The molecule has 1 aromatic carbocycles. The Morgan fingerprint density at radius 1 is 1.30 bits per heavy atom. The van der Waals surface area contributed by atoms with E-state index in [-0.39, 0.29) is 5.91 Å². The molecule has 0 radical (unpaired) electrons. The molecule has 1 amide bonds. The second kappa shape index (κ2) is 5.98. The maximum Gasteiger partial charge on any atom is 0.298 e. The van der Waals surface area contributed by atoms with Crippen LogP contribution in [0.15, 0.2) is 42.7 Å². The third-order valence-electron chi connectivity index (χ3n) is 3.65. The molecule has 0 saturated carbocycles. The Kier molecular flexibility index (Phi) is 4.01. The first-order chi connectivity index (χ1) is 11.0. The Morgan fingerprint density at radius 2 is 2.13 bits per heavy atom. The van der Waals surface area contributed by atoms with E-state index in [1.54, 1.807) is 41.4 Å². The van der Waals surface area contributed by atoms with Gasteiger partial charge in [-0.15, -0.1) is 0 Å². The van der Waals surface area contributed by atoms with Gasteiger partial charge in [0.15, 0.2) is 0 Å². The topological polar surface area (TPSA) is 91.4 Å². The molecule has 2 heterocycles. The van der Waals surface area contributed by atoms with Crippen LogP contribution in [0.1, 0.15) is 15.9 Å². The summed E-state index contributed by atoms with van der Waals surface area (Å²) >= 11 is 0. The molecule has 3 rings (SSSR count). The molecule has 0 fully saturated rings. The van der Waals surface area contributed by atoms with Gasteiger partial charge in [-0.05, 0) is 42.3 Å². The molecule has 0 bridgehead atoms. The number of anilines is 2. The van der Waals surface area contributed by atoms with Crippen LogP contribution in [0.25, 0.3) is 0 Å². The Balaban J connectivity index is 1.86. The van der Waals surface area contributed by atoms with Crippen LogP contribution < -0.4 is 14.3 Å². The molecule has 8 heteroatoms. The molecule has 0 atom stereocenters.